The Labute approximate surface area is 659 Å². The average Bonchev–Trinajstić information content (AvgIpc) is 0.914. The standard InChI is InChI=1S/C85H164N4O17P2/c1-9-15-21-27-31-35-39-45-49-55-77(90)69-81(92)88-75(71-99-65-61-79(57-51-43-25-19-13-5)105-83(94)59-53-47-41-37-33-29-23-17-11-3)73-103-107(7,97)101-67-63-86-85(96)87-64-68-102-108(8,98)104-74-76(89-82(93)70-78(91)56-50-46-40-36-32-28-22-16-10-2)72-100-66-62-80(58-52-44-26-20-14-6)106-84(95)60-54-48-42-38-34-30-24-18-12-4/h75-76,79-80H,9-74H2,1-8H3,(H,88,92)(H,89,93)(H2,86,87,96)/t75-,76-,79+,80+,107?,108?/m0/s1. The molecule has 21 nitrogen and oxygen atoms in total. The van der Waals surface area contributed by atoms with Gasteiger partial charge in [0.25, 0.3) is 0 Å². The molecular weight excluding hydrogens is 1410 g/mol. The number of hydrogen-bond acceptors (Lipinski definition) is 17. The van der Waals surface area contributed by atoms with Crippen LogP contribution in [-0.2, 0) is 74.9 Å². The van der Waals surface area contributed by atoms with Gasteiger partial charge in [-0.1, -0.05) is 298 Å². The molecule has 0 aromatic carbocycles. The number of carbonyl (C=O) groups is 7. The molecule has 4 N–H and O–H groups in total. The van der Waals surface area contributed by atoms with Gasteiger partial charge in [0.15, 0.2) is 0 Å². The molecule has 0 fully saturated rings. The summed E-state index contributed by atoms with van der Waals surface area (Å²) < 4.78 is 74.3. The quantitative estimate of drug-likeness (QED) is 0.0191. The van der Waals surface area contributed by atoms with Crippen molar-refractivity contribution in [3.63, 3.8) is 0 Å². The van der Waals surface area contributed by atoms with Crippen molar-refractivity contribution in [2.75, 3.05) is 79.3 Å². The minimum Gasteiger partial charge on any atom is -0.462 e. The van der Waals surface area contributed by atoms with Crippen LogP contribution in [0.15, 0.2) is 0 Å². The number of esters is 2. The van der Waals surface area contributed by atoms with Crippen molar-refractivity contribution in [2.45, 2.75) is 425 Å². The molecule has 23 heteroatoms. The van der Waals surface area contributed by atoms with Gasteiger partial charge in [-0.25, -0.2) is 4.79 Å². The van der Waals surface area contributed by atoms with Crippen molar-refractivity contribution < 1.29 is 79.7 Å². The summed E-state index contributed by atoms with van der Waals surface area (Å²) in [6.07, 6.45) is 54.0. The molecule has 0 saturated carbocycles. The van der Waals surface area contributed by atoms with E-state index in [0.717, 1.165) is 167 Å². The smallest absolute Gasteiger partial charge is 0.327 e. The van der Waals surface area contributed by atoms with E-state index in [0.29, 0.717) is 38.5 Å². The Morgan fingerprint density at radius 1 is 0.296 bits per heavy atom. The van der Waals surface area contributed by atoms with Gasteiger partial charge in [-0.2, -0.15) is 0 Å². The number of carbonyl (C=O) groups excluding carboxylic acids is 7. The fraction of sp³-hybridized carbons (Fsp3) is 0.918. The van der Waals surface area contributed by atoms with Crippen LogP contribution in [0.1, 0.15) is 401 Å². The van der Waals surface area contributed by atoms with E-state index in [9.17, 15) is 42.7 Å². The molecule has 0 saturated heterocycles. The molecule has 4 amide bonds. The van der Waals surface area contributed by atoms with Gasteiger partial charge in [0.1, 0.15) is 23.8 Å². The molecule has 6 atom stereocenters. The van der Waals surface area contributed by atoms with E-state index < -0.39 is 45.1 Å². The molecule has 0 aromatic rings. The first-order valence-corrected chi connectivity index (χ1v) is 48.2. The fourth-order valence-electron chi connectivity index (χ4n) is 13.0. The van der Waals surface area contributed by atoms with Gasteiger partial charge in [-0.3, -0.25) is 37.9 Å². The number of Topliss-reactive ketones (excluding diaryl/α,β-unsaturated/α-hetero) is 2. The highest BCUT2D eigenvalue weighted by Gasteiger charge is 2.26. The monoisotopic (exact) mass is 1580 g/mol. The Bertz CT molecular complexity index is 2120. The summed E-state index contributed by atoms with van der Waals surface area (Å²) in [5.74, 6) is -1.71. The lowest BCUT2D eigenvalue weighted by Gasteiger charge is -2.23. The SMILES string of the molecule is CCCCCCCCCCCC(=O)CC(=O)N[C@@H](COCC[C@@H](CCCCCCC)OC(=O)CCCCCCCCCCC)COP(C)(=O)OCCNC(=O)NCCOP(C)(=O)OC[C@H](COCC[C@@H](CCCCCCC)OC(=O)CCCCCCCCCCC)NC(=O)CC(=O)CCCCCCCCCCC. The normalized spacial score (nSPS) is 13.8. The molecule has 636 valence electrons. The van der Waals surface area contributed by atoms with Crippen LogP contribution < -0.4 is 21.3 Å². The maximum Gasteiger partial charge on any atom is 0.327 e. The van der Waals surface area contributed by atoms with Crippen LogP contribution in [-0.4, -0.2) is 145 Å². The lowest BCUT2D eigenvalue weighted by Crippen LogP contribution is -2.42. The van der Waals surface area contributed by atoms with Gasteiger partial charge in [-0.05, 0) is 51.4 Å². The predicted octanol–water partition coefficient (Wildman–Crippen LogP) is 21.9. The summed E-state index contributed by atoms with van der Waals surface area (Å²) in [7, 11) is -7.54. The van der Waals surface area contributed by atoms with Gasteiger partial charge < -0.3 is 58.3 Å². The summed E-state index contributed by atoms with van der Waals surface area (Å²) in [4.78, 5) is 91.6. The summed E-state index contributed by atoms with van der Waals surface area (Å²) in [5.41, 5.74) is 0. The van der Waals surface area contributed by atoms with Gasteiger partial charge in [-0.15, -0.1) is 0 Å². The van der Waals surface area contributed by atoms with Gasteiger partial charge in [0.2, 0.25) is 11.8 Å². The van der Waals surface area contributed by atoms with Crippen LogP contribution in [0.3, 0.4) is 0 Å². The van der Waals surface area contributed by atoms with Crippen LogP contribution in [0.2, 0.25) is 0 Å². The minimum atomic E-state index is -3.77. The first kappa shape index (κ1) is 105. The number of hydrogen-bond donors (Lipinski definition) is 4. The Hall–Kier alpha value is -3.29. The lowest BCUT2D eigenvalue weighted by atomic mass is 10.0. The molecular formula is C85H164N4O17P2. The zero-order valence-electron chi connectivity index (χ0n) is 70.3. The Balaban J connectivity index is 5.68. The van der Waals surface area contributed by atoms with Crippen molar-refractivity contribution in [1.29, 1.82) is 0 Å². The second kappa shape index (κ2) is 76.3. The summed E-state index contributed by atoms with van der Waals surface area (Å²) in [6, 6.07) is -2.21. The van der Waals surface area contributed by atoms with Crippen LogP contribution in [0.5, 0.6) is 0 Å². The zero-order chi connectivity index (χ0) is 79.5. The average molecular weight is 1580 g/mol. The predicted molar refractivity (Wildman–Crippen MR) is 440 cm³/mol. The minimum absolute atomic E-state index is 0.0311. The summed E-state index contributed by atoms with van der Waals surface area (Å²) >= 11 is 0. The maximum absolute atomic E-state index is 13.6. The number of unbranched alkanes of at least 4 members (excludes halogenated alkanes) is 40. The van der Waals surface area contributed by atoms with Gasteiger partial charge >= 0.3 is 33.2 Å². The van der Waals surface area contributed by atoms with E-state index >= 15 is 0 Å². The molecule has 0 aliphatic carbocycles. The van der Waals surface area contributed by atoms with Crippen LogP contribution in [0, 0.1) is 0 Å². The van der Waals surface area contributed by atoms with E-state index in [-0.39, 0.29) is 114 Å². The molecule has 108 heavy (non-hydrogen) atoms. The molecule has 0 aliphatic rings. The van der Waals surface area contributed by atoms with E-state index in [1.807, 2.05) is 0 Å². The highest BCUT2D eigenvalue weighted by atomic mass is 31.2. The van der Waals surface area contributed by atoms with Crippen LogP contribution in [0.25, 0.3) is 0 Å². The van der Waals surface area contributed by atoms with Crippen LogP contribution in [0.4, 0.5) is 4.79 Å². The first-order chi connectivity index (χ1) is 52.3. The Kier molecular flexibility index (Phi) is 74.0. The molecule has 0 spiro atoms. The van der Waals surface area contributed by atoms with Crippen molar-refractivity contribution >= 4 is 56.5 Å². The molecule has 2 unspecified atom stereocenters. The molecule has 0 aliphatic heterocycles. The van der Waals surface area contributed by atoms with Gasteiger partial charge in [0.05, 0.1) is 77.8 Å². The largest absolute Gasteiger partial charge is 0.462 e. The number of urea groups is 1. The number of amides is 4. The Morgan fingerprint density at radius 3 is 0.843 bits per heavy atom. The van der Waals surface area contributed by atoms with Gasteiger partial charge in [0, 0.05) is 64.9 Å². The van der Waals surface area contributed by atoms with E-state index in [2.05, 4.69) is 62.8 Å². The molecule has 0 rings (SSSR count). The molecule has 0 heterocycles. The highest BCUT2D eigenvalue weighted by Crippen LogP contribution is 2.44. The fourth-order valence-corrected chi connectivity index (χ4v) is 14.9. The maximum atomic E-state index is 13.6. The summed E-state index contributed by atoms with van der Waals surface area (Å²) in [6.45, 7) is 15.1. The lowest BCUT2D eigenvalue weighted by molar-refractivity contribution is -0.151. The highest BCUT2D eigenvalue weighted by molar-refractivity contribution is 7.53. The van der Waals surface area contributed by atoms with E-state index in [1.165, 1.54) is 155 Å². The van der Waals surface area contributed by atoms with Crippen molar-refractivity contribution in [1.82, 2.24) is 21.3 Å². The van der Waals surface area contributed by atoms with E-state index in [4.69, 9.17) is 37.0 Å². The molecule has 0 aromatic heterocycles. The summed E-state index contributed by atoms with van der Waals surface area (Å²) in [5, 5.41) is 11.0. The van der Waals surface area contributed by atoms with E-state index in [1.54, 1.807) is 0 Å². The number of ketones is 2. The first-order valence-electron chi connectivity index (χ1n) is 44.2. The second-order valence-corrected chi connectivity index (χ2v) is 34.7. The van der Waals surface area contributed by atoms with Crippen LogP contribution >= 0.6 is 15.2 Å². The number of nitrogens with one attached hydrogen (secondary N) is 4. The second-order valence-electron chi connectivity index (χ2n) is 30.6. The third kappa shape index (κ3) is 72.9. The van der Waals surface area contributed by atoms with Crippen molar-refractivity contribution in [3.05, 3.63) is 0 Å². The zero-order valence-corrected chi connectivity index (χ0v) is 72.1. The third-order valence-electron chi connectivity index (χ3n) is 19.6. The topological polar surface area (TPSA) is 276 Å². The molecule has 0 radical (unpaired) electrons. The number of ether oxygens (including phenoxy) is 4. The third-order valence-corrected chi connectivity index (χ3v) is 22.2. The van der Waals surface area contributed by atoms with Crippen molar-refractivity contribution in [2.24, 2.45) is 0 Å². The Morgan fingerprint density at radius 2 is 0.556 bits per heavy atom. The number of rotatable bonds is 84. The molecule has 0 bridgehead atoms. The van der Waals surface area contributed by atoms with Crippen molar-refractivity contribution in [3.8, 4) is 0 Å².